The molecule has 0 amide bonds. The molecule has 154 valence electrons. The van der Waals surface area contributed by atoms with E-state index in [1.165, 1.54) is 12.5 Å². The Labute approximate surface area is 167 Å². The molecular formula is C24H34O4. The van der Waals surface area contributed by atoms with Gasteiger partial charge in [0.25, 0.3) is 0 Å². The second kappa shape index (κ2) is 6.18. The van der Waals surface area contributed by atoms with Gasteiger partial charge in [-0.2, -0.15) is 0 Å². The fourth-order valence-electron chi connectivity index (χ4n) is 8.30. The normalized spacial score (nSPS) is 50.5. The first kappa shape index (κ1) is 18.9. The van der Waals surface area contributed by atoms with Crippen LogP contribution < -0.4 is 5.63 Å². The molecule has 5 rings (SSSR count). The van der Waals surface area contributed by atoms with Crippen LogP contribution in [0.3, 0.4) is 0 Å². The van der Waals surface area contributed by atoms with Crippen molar-refractivity contribution in [2.75, 3.05) is 0 Å². The molecule has 0 bridgehead atoms. The van der Waals surface area contributed by atoms with E-state index in [4.69, 9.17) is 4.42 Å². The third-order valence-electron chi connectivity index (χ3n) is 9.95. The zero-order valence-corrected chi connectivity index (χ0v) is 17.2. The van der Waals surface area contributed by atoms with Crippen molar-refractivity contribution in [3.63, 3.8) is 0 Å². The van der Waals surface area contributed by atoms with Crippen molar-refractivity contribution in [1.82, 2.24) is 0 Å². The van der Waals surface area contributed by atoms with Crippen molar-refractivity contribution in [1.29, 1.82) is 0 Å². The average Bonchev–Trinajstić information content (AvgIpc) is 2.95. The van der Waals surface area contributed by atoms with Crippen LogP contribution in [0.15, 0.2) is 27.6 Å². The van der Waals surface area contributed by atoms with Gasteiger partial charge < -0.3 is 14.6 Å². The fraction of sp³-hybridized carbons (Fsp3) is 0.792. The van der Waals surface area contributed by atoms with Crippen molar-refractivity contribution in [2.24, 2.45) is 28.6 Å². The van der Waals surface area contributed by atoms with Gasteiger partial charge in [-0.15, -0.1) is 0 Å². The monoisotopic (exact) mass is 386 g/mol. The van der Waals surface area contributed by atoms with E-state index in [-0.39, 0.29) is 28.5 Å². The van der Waals surface area contributed by atoms with Crippen LogP contribution in [0.2, 0.25) is 0 Å². The summed E-state index contributed by atoms with van der Waals surface area (Å²) in [5, 5.41) is 22.4. The van der Waals surface area contributed by atoms with Gasteiger partial charge in [0.05, 0.1) is 18.0 Å². The minimum absolute atomic E-state index is 0.129. The predicted molar refractivity (Wildman–Crippen MR) is 107 cm³/mol. The second-order valence-electron chi connectivity index (χ2n) is 10.8. The summed E-state index contributed by atoms with van der Waals surface area (Å²) in [6, 6.07) is 3.42. The van der Waals surface area contributed by atoms with E-state index in [9.17, 15) is 15.0 Å². The molecule has 1 aromatic heterocycles. The number of aliphatic hydroxyl groups is 2. The lowest BCUT2D eigenvalue weighted by Gasteiger charge is -2.63. The van der Waals surface area contributed by atoms with Crippen LogP contribution >= 0.6 is 0 Å². The molecule has 28 heavy (non-hydrogen) atoms. The molecule has 0 spiro atoms. The van der Waals surface area contributed by atoms with Crippen LogP contribution in [-0.4, -0.2) is 21.9 Å². The van der Waals surface area contributed by atoms with Gasteiger partial charge in [-0.1, -0.05) is 13.8 Å². The summed E-state index contributed by atoms with van der Waals surface area (Å²) in [4.78, 5) is 11.4. The van der Waals surface area contributed by atoms with Crippen molar-refractivity contribution < 1.29 is 14.6 Å². The SMILES string of the molecule is C[C@]12CC[C@@H](O)C[C@H]1CC[C@@H]1[C@@H]2CC[C@]2(C)[C@@H](c3ccc(=O)oc3)CC[C@]12O. The molecule has 0 aromatic carbocycles. The summed E-state index contributed by atoms with van der Waals surface area (Å²) in [7, 11) is 0. The van der Waals surface area contributed by atoms with Gasteiger partial charge in [0.2, 0.25) is 0 Å². The average molecular weight is 387 g/mol. The minimum Gasteiger partial charge on any atom is -0.431 e. The Morgan fingerprint density at radius 3 is 2.57 bits per heavy atom. The Morgan fingerprint density at radius 2 is 1.82 bits per heavy atom. The summed E-state index contributed by atoms with van der Waals surface area (Å²) in [6.45, 7) is 4.73. The standard InChI is InChI=1S/C24H34O4/c1-22-10-7-17(25)13-16(22)4-5-20-19(22)8-11-23(2)18(9-12-24(20,23)27)15-3-6-21(26)28-14-15/h3,6,14,16-20,25,27H,4-5,7-13H2,1-2H3/t16-,17-,18-,19+,20-,22+,23-,24+/m1/s1. The summed E-state index contributed by atoms with van der Waals surface area (Å²) in [6.07, 6.45) is 10.7. The highest BCUT2D eigenvalue weighted by Gasteiger charge is 2.67. The molecule has 1 aromatic rings. The molecule has 4 saturated carbocycles. The number of rotatable bonds is 1. The lowest BCUT2D eigenvalue weighted by molar-refractivity contribution is -0.205. The van der Waals surface area contributed by atoms with Crippen molar-refractivity contribution >= 4 is 0 Å². The lowest BCUT2D eigenvalue weighted by Crippen LogP contribution is -2.62. The highest BCUT2D eigenvalue weighted by Crippen LogP contribution is 2.70. The van der Waals surface area contributed by atoms with Crippen LogP contribution in [0, 0.1) is 28.6 Å². The maximum Gasteiger partial charge on any atom is 0.335 e. The van der Waals surface area contributed by atoms with Crippen molar-refractivity contribution in [3.05, 3.63) is 34.4 Å². The summed E-state index contributed by atoms with van der Waals surface area (Å²) in [5.74, 6) is 1.76. The Kier molecular flexibility index (Phi) is 4.17. The summed E-state index contributed by atoms with van der Waals surface area (Å²) >= 11 is 0. The molecule has 4 nitrogen and oxygen atoms in total. The van der Waals surface area contributed by atoms with Gasteiger partial charge in [0, 0.05) is 11.5 Å². The highest BCUT2D eigenvalue weighted by molar-refractivity contribution is 5.27. The molecule has 4 aliphatic carbocycles. The van der Waals surface area contributed by atoms with Crippen LogP contribution in [-0.2, 0) is 0 Å². The van der Waals surface area contributed by atoms with E-state index in [0.29, 0.717) is 17.8 Å². The molecular weight excluding hydrogens is 352 g/mol. The smallest absolute Gasteiger partial charge is 0.335 e. The van der Waals surface area contributed by atoms with E-state index in [1.807, 2.05) is 6.07 Å². The molecule has 4 aliphatic rings. The highest BCUT2D eigenvalue weighted by atomic mass is 16.4. The van der Waals surface area contributed by atoms with Gasteiger partial charge >= 0.3 is 5.63 Å². The number of aliphatic hydroxyl groups excluding tert-OH is 1. The van der Waals surface area contributed by atoms with E-state index >= 15 is 0 Å². The largest absolute Gasteiger partial charge is 0.431 e. The Morgan fingerprint density at radius 1 is 1.00 bits per heavy atom. The Bertz CT molecular complexity index is 797. The summed E-state index contributed by atoms with van der Waals surface area (Å²) in [5.41, 5.74) is 0.219. The third-order valence-corrected chi connectivity index (χ3v) is 9.95. The van der Waals surface area contributed by atoms with Crippen molar-refractivity contribution in [3.8, 4) is 0 Å². The zero-order valence-electron chi connectivity index (χ0n) is 17.2. The van der Waals surface area contributed by atoms with Crippen molar-refractivity contribution in [2.45, 2.75) is 89.3 Å². The minimum atomic E-state index is -0.638. The topological polar surface area (TPSA) is 70.7 Å². The lowest BCUT2D eigenvalue weighted by atomic mass is 9.43. The molecule has 2 N–H and O–H groups in total. The number of hydrogen-bond acceptors (Lipinski definition) is 4. The molecule has 1 heterocycles. The van der Waals surface area contributed by atoms with E-state index in [1.54, 1.807) is 6.26 Å². The van der Waals surface area contributed by atoms with Gasteiger partial charge in [0.15, 0.2) is 0 Å². The van der Waals surface area contributed by atoms with E-state index in [0.717, 1.165) is 56.9 Å². The summed E-state index contributed by atoms with van der Waals surface area (Å²) < 4.78 is 5.17. The zero-order chi connectivity index (χ0) is 19.7. The first-order valence-corrected chi connectivity index (χ1v) is 11.3. The Balaban J connectivity index is 1.48. The third kappa shape index (κ3) is 2.40. The van der Waals surface area contributed by atoms with E-state index < -0.39 is 5.60 Å². The van der Waals surface area contributed by atoms with Crippen LogP contribution in [0.4, 0.5) is 0 Å². The molecule has 0 radical (unpaired) electrons. The van der Waals surface area contributed by atoms with Gasteiger partial charge in [-0.05, 0) is 98.5 Å². The second-order valence-corrected chi connectivity index (χ2v) is 10.8. The maximum atomic E-state index is 12.2. The maximum absolute atomic E-state index is 12.2. The molecule has 4 heteroatoms. The molecule has 8 atom stereocenters. The Hall–Kier alpha value is -1.13. The van der Waals surface area contributed by atoms with Crippen LogP contribution in [0.1, 0.15) is 83.1 Å². The first-order valence-electron chi connectivity index (χ1n) is 11.3. The quantitative estimate of drug-likeness (QED) is 0.757. The van der Waals surface area contributed by atoms with E-state index in [2.05, 4.69) is 13.8 Å². The molecule has 0 aliphatic heterocycles. The van der Waals surface area contributed by atoms with Crippen LogP contribution in [0.5, 0.6) is 0 Å². The van der Waals surface area contributed by atoms with Crippen LogP contribution in [0.25, 0.3) is 0 Å². The fourth-order valence-corrected chi connectivity index (χ4v) is 8.30. The molecule has 0 saturated heterocycles. The predicted octanol–water partition coefficient (Wildman–Crippen LogP) is 4.24. The van der Waals surface area contributed by atoms with Gasteiger partial charge in [-0.3, -0.25) is 0 Å². The molecule has 0 unspecified atom stereocenters. The van der Waals surface area contributed by atoms with Gasteiger partial charge in [-0.25, -0.2) is 4.79 Å². The molecule has 4 fully saturated rings. The first-order chi connectivity index (χ1) is 13.3. The van der Waals surface area contributed by atoms with Gasteiger partial charge in [0.1, 0.15) is 0 Å². The number of hydrogen-bond donors (Lipinski definition) is 2. The number of fused-ring (bicyclic) bond motifs is 5.